The van der Waals surface area contributed by atoms with Crippen LogP contribution < -0.4 is 21.2 Å². The molecule has 1 aliphatic heterocycles. The number of benzene rings is 4. The minimum absolute atomic E-state index is 0.0947. The van der Waals surface area contributed by atoms with Gasteiger partial charge in [0.25, 0.3) is 11.8 Å². The summed E-state index contributed by atoms with van der Waals surface area (Å²) in [6.07, 6.45) is 0. The van der Waals surface area contributed by atoms with Gasteiger partial charge >= 0.3 is 0 Å². The molecule has 0 bridgehead atoms. The third kappa shape index (κ3) is 5.53. The van der Waals surface area contributed by atoms with E-state index in [1.54, 1.807) is 29.2 Å². The van der Waals surface area contributed by atoms with E-state index in [1.165, 1.54) is 0 Å². The van der Waals surface area contributed by atoms with Gasteiger partial charge in [0.2, 0.25) is 4.77 Å². The normalized spacial score (nSPS) is 14.3. The Bertz CT molecular complexity index is 1350. The van der Waals surface area contributed by atoms with Crippen molar-refractivity contribution in [2.24, 2.45) is 0 Å². The summed E-state index contributed by atoms with van der Waals surface area (Å²) in [5.41, 5.74) is 0.537. The van der Waals surface area contributed by atoms with Gasteiger partial charge < -0.3 is 15.0 Å². The zero-order valence-electron chi connectivity index (χ0n) is 21.4. The molecular formula is C32H29ClN2O3P+. The molecule has 0 spiro atoms. The first-order chi connectivity index (χ1) is 19.1. The molecular weight excluding hydrogens is 527 g/mol. The number of hydrogen-bond acceptors (Lipinski definition) is 3. The Kier molecular flexibility index (Phi) is 8.53. The van der Waals surface area contributed by atoms with E-state index in [0.717, 1.165) is 15.9 Å². The molecule has 1 saturated heterocycles. The van der Waals surface area contributed by atoms with Crippen LogP contribution in [0.15, 0.2) is 132 Å². The molecule has 1 aliphatic rings. The van der Waals surface area contributed by atoms with Crippen LogP contribution in [0.25, 0.3) is 0 Å². The summed E-state index contributed by atoms with van der Waals surface area (Å²) in [6, 6.07) is 38.9. The largest absolute Gasteiger partial charge is 0.378 e. The van der Waals surface area contributed by atoms with Crippen molar-refractivity contribution in [3.05, 3.63) is 137 Å². The van der Waals surface area contributed by atoms with Crippen molar-refractivity contribution >= 4 is 46.6 Å². The Balaban J connectivity index is 1.79. The lowest BCUT2D eigenvalue weighted by Gasteiger charge is -2.31. The zero-order chi connectivity index (χ0) is 27.1. The smallest absolute Gasteiger partial charge is 0.275 e. The molecule has 5 nitrogen and oxygen atoms in total. The van der Waals surface area contributed by atoms with E-state index in [2.05, 4.69) is 5.32 Å². The van der Waals surface area contributed by atoms with Gasteiger partial charge in [-0.05, 0) is 60.1 Å². The Morgan fingerprint density at radius 1 is 0.667 bits per heavy atom. The number of nitrogens with zero attached hydrogens (tertiary/aromatic N) is 1. The van der Waals surface area contributed by atoms with Crippen LogP contribution in [0.2, 0.25) is 0 Å². The molecule has 39 heavy (non-hydrogen) atoms. The van der Waals surface area contributed by atoms with Crippen LogP contribution in [0.5, 0.6) is 0 Å². The predicted molar refractivity (Wildman–Crippen MR) is 159 cm³/mol. The topological polar surface area (TPSA) is 58.6 Å². The molecule has 2 amide bonds. The molecule has 0 saturated carbocycles. The predicted octanol–water partition coefficient (Wildman–Crippen LogP) is 4.68. The van der Waals surface area contributed by atoms with Gasteiger partial charge in [0.15, 0.2) is 13.0 Å². The van der Waals surface area contributed by atoms with Crippen molar-refractivity contribution in [1.29, 1.82) is 0 Å². The molecule has 5 rings (SSSR count). The van der Waals surface area contributed by atoms with Gasteiger partial charge in [-0.3, -0.25) is 9.59 Å². The van der Waals surface area contributed by atoms with Crippen molar-refractivity contribution in [3.63, 3.8) is 0 Å². The first kappa shape index (κ1) is 26.8. The van der Waals surface area contributed by atoms with E-state index in [9.17, 15) is 9.59 Å². The van der Waals surface area contributed by atoms with E-state index in [1.807, 2.05) is 97.1 Å². The van der Waals surface area contributed by atoms with Crippen molar-refractivity contribution < 1.29 is 14.3 Å². The summed E-state index contributed by atoms with van der Waals surface area (Å²) >= 11 is 7.55. The Morgan fingerprint density at radius 2 is 1.08 bits per heavy atom. The molecule has 7 heteroatoms. The van der Waals surface area contributed by atoms with Gasteiger partial charge in [-0.15, -0.1) is 0 Å². The SMILES string of the molecule is O=C(N/C(C(=O)N1CCOCC1)=C(/Cl)[P+](c1ccccc1)(c1ccccc1)c1ccccc1)c1ccccc1. The molecule has 0 radical (unpaired) electrons. The van der Waals surface area contributed by atoms with Crippen LogP contribution in [-0.4, -0.2) is 43.0 Å². The lowest BCUT2D eigenvalue weighted by atomic mass is 10.2. The summed E-state index contributed by atoms with van der Waals surface area (Å²) in [5, 5.41) is 5.89. The molecule has 1 heterocycles. The molecule has 4 aromatic rings. The highest BCUT2D eigenvalue weighted by molar-refractivity contribution is 8.00. The van der Waals surface area contributed by atoms with Crippen molar-refractivity contribution in [3.8, 4) is 0 Å². The maximum atomic E-state index is 14.2. The van der Waals surface area contributed by atoms with E-state index in [-0.39, 0.29) is 11.6 Å². The van der Waals surface area contributed by atoms with Gasteiger partial charge in [0.05, 0.1) is 13.2 Å². The van der Waals surface area contributed by atoms with Crippen molar-refractivity contribution in [1.82, 2.24) is 10.2 Å². The monoisotopic (exact) mass is 555 g/mol. The quantitative estimate of drug-likeness (QED) is 0.266. The number of rotatable bonds is 7. The highest BCUT2D eigenvalue weighted by atomic mass is 35.5. The molecule has 4 aromatic carbocycles. The standard InChI is InChI=1S/C32H28ClN2O3P/c33-30(29(32(37)35-21-23-38-24-22-35)34-31(36)25-13-5-1-6-14-25)39(26-15-7-2-8-16-26,27-17-9-3-10-18-27)28-19-11-4-12-20-28/h1-20H,21-24H2/p+1/b30-29-. The maximum absolute atomic E-state index is 14.2. The summed E-state index contributed by atoms with van der Waals surface area (Å²) < 4.78 is 5.82. The summed E-state index contributed by atoms with van der Waals surface area (Å²) in [6.45, 7) is 1.70. The molecule has 0 atom stereocenters. The first-order valence-electron chi connectivity index (χ1n) is 12.8. The number of morpholine rings is 1. The Morgan fingerprint density at radius 3 is 1.51 bits per heavy atom. The summed E-state index contributed by atoms with van der Waals surface area (Å²) in [5.74, 6) is -0.711. The third-order valence-electron chi connectivity index (χ3n) is 6.72. The lowest BCUT2D eigenvalue weighted by Crippen LogP contribution is -2.45. The lowest BCUT2D eigenvalue weighted by molar-refractivity contribution is -0.131. The number of halogens is 1. The average Bonchev–Trinajstić information content (AvgIpc) is 3.02. The molecule has 196 valence electrons. The average molecular weight is 556 g/mol. The van der Waals surface area contributed by atoms with E-state index in [4.69, 9.17) is 16.3 Å². The second kappa shape index (κ2) is 12.4. The van der Waals surface area contributed by atoms with Crippen molar-refractivity contribution in [2.75, 3.05) is 26.3 Å². The van der Waals surface area contributed by atoms with Crippen LogP contribution in [0.3, 0.4) is 0 Å². The summed E-state index contributed by atoms with van der Waals surface area (Å²) in [4.78, 5) is 29.4. The van der Waals surface area contributed by atoms with Crippen LogP contribution in [0.1, 0.15) is 10.4 Å². The van der Waals surface area contributed by atoms with E-state index in [0.29, 0.717) is 36.6 Å². The molecule has 0 aliphatic carbocycles. The van der Waals surface area contributed by atoms with Gasteiger partial charge in [-0.1, -0.05) is 72.8 Å². The fraction of sp³-hybridized carbons (Fsp3) is 0.125. The first-order valence-corrected chi connectivity index (χ1v) is 15.0. The van der Waals surface area contributed by atoms with Crippen LogP contribution >= 0.6 is 18.9 Å². The van der Waals surface area contributed by atoms with Crippen LogP contribution in [0.4, 0.5) is 0 Å². The number of carbonyl (C=O) groups excluding carboxylic acids is 2. The van der Waals surface area contributed by atoms with Crippen LogP contribution in [-0.2, 0) is 9.53 Å². The molecule has 1 N–H and O–H groups in total. The zero-order valence-corrected chi connectivity index (χ0v) is 23.0. The van der Waals surface area contributed by atoms with Gasteiger partial charge in [0.1, 0.15) is 15.9 Å². The fourth-order valence-corrected chi connectivity index (χ4v) is 9.73. The fourth-order valence-electron chi connectivity index (χ4n) is 4.80. The van der Waals surface area contributed by atoms with Gasteiger partial charge in [0, 0.05) is 18.7 Å². The Hall–Kier alpha value is -3.76. The minimum atomic E-state index is -2.80. The maximum Gasteiger partial charge on any atom is 0.275 e. The van der Waals surface area contributed by atoms with E-state index >= 15 is 0 Å². The second-order valence-electron chi connectivity index (χ2n) is 9.07. The highest BCUT2D eigenvalue weighted by Crippen LogP contribution is 2.64. The third-order valence-corrected chi connectivity index (χ3v) is 11.7. The van der Waals surface area contributed by atoms with Gasteiger partial charge in [-0.2, -0.15) is 0 Å². The van der Waals surface area contributed by atoms with Crippen molar-refractivity contribution in [2.45, 2.75) is 0 Å². The number of ether oxygens (including phenoxy) is 1. The Labute approximate surface area is 234 Å². The molecule has 1 fully saturated rings. The van der Waals surface area contributed by atoms with Crippen LogP contribution in [0, 0.1) is 0 Å². The number of amides is 2. The summed E-state index contributed by atoms with van der Waals surface area (Å²) in [7, 11) is -2.80. The highest BCUT2D eigenvalue weighted by Gasteiger charge is 2.52. The number of carbonyl (C=O) groups is 2. The molecule has 0 aromatic heterocycles. The number of nitrogens with one attached hydrogen (secondary N) is 1. The molecule has 0 unspecified atom stereocenters. The van der Waals surface area contributed by atoms with Gasteiger partial charge in [-0.25, -0.2) is 0 Å². The minimum Gasteiger partial charge on any atom is -0.378 e. The number of hydrogen-bond donors (Lipinski definition) is 1. The van der Waals surface area contributed by atoms with E-state index < -0.39 is 13.2 Å². The second-order valence-corrected chi connectivity index (χ2v) is 13.0.